The third kappa shape index (κ3) is 2.67. The Morgan fingerprint density at radius 3 is 2.87 bits per heavy atom. The van der Waals surface area contributed by atoms with Crippen molar-refractivity contribution in [2.24, 2.45) is 0 Å². The first-order valence-corrected chi connectivity index (χ1v) is 5.09. The van der Waals surface area contributed by atoms with Gasteiger partial charge in [0.15, 0.2) is 0 Å². The molecule has 0 amide bonds. The zero-order valence-electron chi connectivity index (χ0n) is 8.83. The minimum Gasteiger partial charge on any atom is -0.308 e. The summed E-state index contributed by atoms with van der Waals surface area (Å²) >= 11 is 0. The van der Waals surface area contributed by atoms with E-state index in [1.165, 1.54) is 16.7 Å². The Labute approximate surface area is 89.5 Å². The van der Waals surface area contributed by atoms with Gasteiger partial charge in [-0.15, -0.1) is 0 Å². The first-order chi connectivity index (χ1) is 7.36. The highest BCUT2D eigenvalue weighted by molar-refractivity contribution is 5.25. The summed E-state index contributed by atoms with van der Waals surface area (Å²) in [6.07, 6.45) is 3.75. The van der Waals surface area contributed by atoms with Crippen LogP contribution in [0, 0.1) is 6.92 Å². The fourth-order valence-corrected chi connectivity index (χ4v) is 1.52. The molecule has 78 valence electrons. The molecule has 0 unspecified atom stereocenters. The topological polar surface area (TPSA) is 40.7 Å². The smallest absolute Gasteiger partial charge is 0.0532 e. The summed E-state index contributed by atoms with van der Waals surface area (Å²) in [5, 5.41) is 10.1. The van der Waals surface area contributed by atoms with Crippen molar-refractivity contribution in [3.8, 4) is 0 Å². The van der Waals surface area contributed by atoms with Crippen molar-refractivity contribution in [2.45, 2.75) is 20.0 Å². The van der Waals surface area contributed by atoms with Crippen molar-refractivity contribution in [2.75, 3.05) is 0 Å². The summed E-state index contributed by atoms with van der Waals surface area (Å²) < 4.78 is 0. The van der Waals surface area contributed by atoms with E-state index < -0.39 is 0 Å². The molecule has 0 aliphatic heterocycles. The molecule has 0 aliphatic rings. The molecule has 2 rings (SSSR count). The van der Waals surface area contributed by atoms with E-state index in [0.29, 0.717) is 0 Å². The molecule has 1 aromatic carbocycles. The summed E-state index contributed by atoms with van der Waals surface area (Å²) in [4.78, 5) is 0. The number of aromatic nitrogens is 2. The molecular weight excluding hydrogens is 186 g/mol. The normalized spacial score (nSPS) is 10.5. The Bertz CT molecular complexity index is 407. The molecule has 0 aliphatic carbocycles. The van der Waals surface area contributed by atoms with Gasteiger partial charge in [-0.2, -0.15) is 5.10 Å². The van der Waals surface area contributed by atoms with Gasteiger partial charge in [0, 0.05) is 24.8 Å². The van der Waals surface area contributed by atoms with E-state index in [2.05, 4.69) is 46.7 Å². The van der Waals surface area contributed by atoms with Crippen LogP contribution in [0.4, 0.5) is 0 Å². The minimum atomic E-state index is 0.852. The van der Waals surface area contributed by atoms with Crippen molar-refractivity contribution in [3.05, 3.63) is 53.3 Å². The van der Waals surface area contributed by atoms with Crippen molar-refractivity contribution in [3.63, 3.8) is 0 Å². The van der Waals surface area contributed by atoms with Crippen LogP contribution in [0.2, 0.25) is 0 Å². The molecule has 15 heavy (non-hydrogen) atoms. The van der Waals surface area contributed by atoms with Gasteiger partial charge in [0.2, 0.25) is 0 Å². The monoisotopic (exact) mass is 201 g/mol. The van der Waals surface area contributed by atoms with E-state index >= 15 is 0 Å². The molecule has 3 heteroatoms. The third-order valence-electron chi connectivity index (χ3n) is 2.46. The lowest BCUT2D eigenvalue weighted by atomic mass is 10.1. The molecule has 1 aromatic heterocycles. The fourth-order valence-electron chi connectivity index (χ4n) is 1.52. The Kier molecular flexibility index (Phi) is 3.15. The van der Waals surface area contributed by atoms with E-state index in [4.69, 9.17) is 0 Å². The molecule has 2 N–H and O–H groups in total. The number of hydrogen-bond acceptors (Lipinski definition) is 2. The molecule has 3 nitrogen and oxygen atoms in total. The molecule has 0 spiro atoms. The van der Waals surface area contributed by atoms with Crippen LogP contribution in [-0.2, 0) is 13.1 Å². The lowest BCUT2D eigenvalue weighted by Crippen LogP contribution is -2.12. The average Bonchev–Trinajstić information content (AvgIpc) is 2.74. The summed E-state index contributed by atoms with van der Waals surface area (Å²) in [5.41, 5.74) is 3.86. The Hall–Kier alpha value is -1.61. The van der Waals surface area contributed by atoms with Crippen molar-refractivity contribution in [1.82, 2.24) is 15.5 Å². The van der Waals surface area contributed by atoms with E-state index in [0.717, 1.165) is 13.1 Å². The maximum Gasteiger partial charge on any atom is 0.0532 e. The van der Waals surface area contributed by atoms with Gasteiger partial charge in [-0.25, -0.2) is 0 Å². The summed E-state index contributed by atoms with van der Waals surface area (Å²) in [6.45, 7) is 3.89. The van der Waals surface area contributed by atoms with Gasteiger partial charge in [0.05, 0.1) is 6.20 Å². The fraction of sp³-hybridized carbons (Fsp3) is 0.250. The van der Waals surface area contributed by atoms with Crippen molar-refractivity contribution >= 4 is 0 Å². The average molecular weight is 201 g/mol. The van der Waals surface area contributed by atoms with Crippen LogP contribution in [0.1, 0.15) is 16.7 Å². The van der Waals surface area contributed by atoms with Crippen LogP contribution >= 0.6 is 0 Å². The van der Waals surface area contributed by atoms with Gasteiger partial charge in [-0.05, 0) is 18.1 Å². The molecule has 0 radical (unpaired) electrons. The standard InChI is InChI=1S/C12H15N3/c1-10-4-2-3-5-12(10)9-13-6-11-7-14-15-8-11/h2-5,7-8,13H,6,9H2,1H3,(H,14,15). The number of aryl methyl sites for hydroxylation is 1. The van der Waals surface area contributed by atoms with E-state index in [1.807, 2.05) is 12.4 Å². The third-order valence-corrected chi connectivity index (χ3v) is 2.46. The maximum atomic E-state index is 3.90. The second-order valence-electron chi connectivity index (χ2n) is 3.64. The predicted octanol–water partition coefficient (Wildman–Crippen LogP) is 2.01. The molecule has 0 saturated heterocycles. The maximum absolute atomic E-state index is 3.90. The van der Waals surface area contributed by atoms with E-state index in [-0.39, 0.29) is 0 Å². The number of benzene rings is 1. The minimum absolute atomic E-state index is 0.852. The quantitative estimate of drug-likeness (QED) is 0.794. The number of rotatable bonds is 4. The van der Waals surface area contributed by atoms with Crippen molar-refractivity contribution in [1.29, 1.82) is 0 Å². The highest BCUT2D eigenvalue weighted by Gasteiger charge is 1.97. The lowest BCUT2D eigenvalue weighted by Gasteiger charge is -2.06. The largest absolute Gasteiger partial charge is 0.308 e. The van der Waals surface area contributed by atoms with Gasteiger partial charge in [-0.3, -0.25) is 5.10 Å². The molecule has 1 heterocycles. The summed E-state index contributed by atoms with van der Waals surface area (Å²) in [5.74, 6) is 0. The molecule has 0 saturated carbocycles. The SMILES string of the molecule is Cc1ccccc1CNCc1cn[nH]c1. The predicted molar refractivity (Wildman–Crippen MR) is 60.3 cm³/mol. The van der Waals surface area contributed by atoms with Gasteiger partial charge in [0.1, 0.15) is 0 Å². The Balaban J connectivity index is 1.86. The second-order valence-corrected chi connectivity index (χ2v) is 3.64. The van der Waals surface area contributed by atoms with Crippen LogP contribution in [-0.4, -0.2) is 10.2 Å². The molecule has 0 bridgehead atoms. The molecule has 2 aromatic rings. The number of nitrogens with zero attached hydrogens (tertiary/aromatic N) is 1. The van der Waals surface area contributed by atoms with Gasteiger partial charge >= 0.3 is 0 Å². The number of aromatic amines is 1. The summed E-state index contributed by atoms with van der Waals surface area (Å²) in [6, 6.07) is 8.42. The Morgan fingerprint density at radius 2 is 2.13 bits per heavy atom. The number of nitrogens with one attached hydrogen (secondary N) is 2. The zero-order chi connectivity index (χ0) is 10.5. The van der Waals surface area contributed by atoms with Crippen LogP contribution in [0.25, 0.3) is 0 Å². The van der Waals surface area contributed by atoms with E-state index in [1.54, 1.807) is 0 Å². The zero-order valence-corrected chi connectivity index (χ0v) is 8.83. The van der Waals surface area contributed by atoms with Gasteiger partial charge < -0.3 is 5.32 Å². The van der Waals surface area contributed by atoms with Crippen LogP contribution < -0.4 is 5.32 Å². The Morgan fingerprint density at radius 1 is 1.27 bits per heavy atom. The number of hydrogen-bond donors (Lipinski definition) is 2. The first kappa shape index (κ1) is 9.93. The van der Waals surface area contributed by atoms with E-state index in [9.17, 15) is 0 Å². The lowest BCUT2D eigenvalue weighted by molar-refractivity contribution is 0.691. The molecular formula is C12H15N3. The van der Waals surface area contributed by atoms with Crippen LogP contribution in [0.5, 0.6) is 0 Å². The first-order valence-electron chi connectivity index (χ1n) is 5.09. The molecule has 0 atom stereocenters. The van der Waals surface area contributed by atoms with Crippen molar-refractivity contribution < 1.29 is 0 Å². The second kappa shape index (κ2) is 4.75. The highest BCUT2D eigenvalue weighted by atomic mass is 15.1. The van der Waals surface area contributed by atoms with Gasteiger partial charge in [0.25, 0.3) is 0 Å². The van der Waals surface area contributed by atoms with Crippen LogP contribution in [0.15, 0.2) is 36.7 Å². The van der Waals surface area contributed by atoms with Crippen LogP contribution in [0.3, 0.4) is 0 Å². The highest BCUT2D eigenvalue weighted by Crippen LogP contribution is 2.06. The summed E-state index contributed by atoms with van der Waals surface area (Å²) in [7, 11) is 0. The number of H-pyrrole nitrogens is 1. The van der Waals surface area contributed by atoms with Gasteiger partial charge in [-0.1, -0.05) is 24.3 Å². The molecule has 0 fully saturated rings.